The summed E-state index contributed by atoms with van der Waals surface area (Å²) in [5.74, 6) is -0.792. The third-order valence-electron chi connectivity index (χ3n) is 3.12. The van der Waals surface area contributed by atoms with E-state index in [9.17, 15) is 14.8 Å². The highest BCUT2D eigenvalue weighted by Crippen LogP contribution is 2.23. The number of carbonyl (C=O) groups excluding carboxylic acids is 2. The van der Waals surface area contributed by atoms with Gasteiger partial charge in [-0.3, -0.25) is 14.8 Å². The van der Waals surface area contributed by atoms with Crippen molar-refractivity contribution in [3.63, 3.8) is 0 Å². The first-order chi connectivity index (χ1) is 9.56. The van der Waals surface area contributed by atoms with Crippen molar-refractivity contribution >= 4 is 34.2 Å². The number of pyridine rings is 1. The largest absolute Gasteiger partial charge is 0.399 e. The van der Waals surface area contributed by atoms with Crippen LogP contribution in [-0.2, 0) is 9.59 Å². The lowest BCUT2D eigenvalue weighted by Crippen LogP contribution is -2.44. The van der Waals surface area contributed by atoms with E-state index in [-0.39, 0.29) is 18.7 Å². The van der Waals surface area contributed by atoms with Crippen LogP contribution in [0.4, 0.5) is 11.5 Å². The van der Waals surface area contributed by atoms with Gasteiger partial charge in [0, 0.05) is 23.9 Å². The van der Waals surface area contributed by atoms with Crippen molar-refractivity contribution < 1.29 is 14.8 Å². The van der Waals surface area contributed by atoms with Gasteiger partial charge in [0.25, 0.3) is 11.8 Å². The van der Waals surface area contributed by atoms with Gasteiger partial charge >= 0.3 is 0 Å². The first-order valence-electron chi connectivity index (χ1n) is 6.07. The number of nitrogens with zero attached hydrogens (tertiary/aromatic N) is 3. The van der Waals surface area contributed by atoms with Gasteiger partial charge in [0.05, 0.1) is 5.52 Å². The molecule has 0 atom stereocenters. The molecule has 3 N–H and O–H groups in total. The molecule has 0 spiro atoms. The number of nitrogens with two attached hydrogens (primary N) is 1. The zero-order valence-corrected chi connectivity index (χ0v) is 10.5. The van der Waals surface area contributed by atoms with E-state index < -0.39 is 11.8 Å². The van der Waals surface area contributed by atoms with E-state index in [1.165, 1.54) is 6.07 Å². The van der Waals surface area contributed by atoms with Crippen LogP contribution in [0.2, 0.25) is 0 Å². The molecule has 1 aliphatic heterocycles. The Morgan fingerprint density at radius 2 is 1.85 bits per heavy atom. The van der Waals surface area contributed by atoms with Crippen LogP contribution in [0.15, 0.2) is 30.3 Å². The zero-order valence-electron chi connectivity index (χ0n) is 10.5. The predicted octanol–water partition coefficient (Wildman–Crippen LogP) is 1.08. The molecule has 2 aromatic rings. The number of anilines is 2. The molecule has 2 amide bonds. The molecule has 3 rings (SSSR count). The van der Waals surface area contributed by atoms with E-state index >= 15 is 0 Å². The summed E-state index contributed by atoms with van der Waals surface area (Å²) in [6.07, 6.45) is 0.194. The minimum absolute atomic E-state index is 0.0972. The molecule has 0 bridgehead atoms. The van der Waals surface area contributed by atoms with Crippen LogP contribution in [0.5, 0.6) is 0 Å². The molecule has 7 nitrogen and oxygen atoms in total. The van der Waals surface area contributed by atoms with E-state index in [0.717, 1.165) is 5.39 Å². The average Bonchev–Trinajstić information content (AvgIpc) is 2.77. The van der Waals surface area contributed by atoms with E-state index in [4.69, 9.17) is 5.73 Å². The maximum Gasteiger partial charge on any atom is 0.250 e. The van der Waals surface area contributed by atoms with Gasteiger partial charge in [-0.15, -0.1) is 5.17 Å². The van der Waals surface area contributed by atoms with Crippen molar-refractivity contribution in [1.82, 2.24) is 9.99 Å². The molecule has 102 valence electrons. The number of imide groups is 1. The summed E-state index contributed by atoms with van der Waals surface area (Å²) in [6, 6.07) is 8.37. The molecule has 1 fully saturated rings. The van der Waals surface area contributed by atoms with Crippen molar-refractivity contribution in [3.8, 4) is 0 Å². The van der Waals surface area contributed by atoms with Crippen LogP contribution in [0.1, 0.15) is 12.8 Å². The second-order valence-corrected chi connectivity index (χ2v) is 4.51. The SMILES string of the molecule is Nc1ccc2nc(N(O)N3C(=O)CCC3=O)ccc2c1. The van der Waals surface area contributed by atoms with Gasteiger partial charge in [0.15, 0.2) is 5.82 Å². The van der Waals surface area contributed by atoms with E-state index in [2.05, 4.69) is 4.98 Å². The summed E-state index contributed by atoms with van der Waals surface area (Å²) < 4.78 is 0. The number of fused-ring (bicyclic) bond motifs is 1. The maximum atomic E-state index is 11.6. The summed E-state index contributed by atoms with van der Waals surface area (Å²) in [5.41, 5.74) is 6.89. The third-order valence-corrected chi connectivity index (χ3v) is 3.12. The molecule has 0 radical (unpaired) electrons. The van der Waals surface area contributed by atoms with Crippen LogP contribution < -0.4 is 10.9 Å². The molecule has 2 heterocycles. The lowest BCUT2D eigenvalue weighted by molar-refractivity contribution is -0.144. The zero-order chi connectivity index (χ0) is 14.3. The Hall–Kier alpha value is -2.67. The number of nitrogen functional groups attached to an aromatic ring is 1. The lowest BCUT2D eigenvalue weighted by Gasteiger charge is -2.24. The summed E-state index contributed by atoms with van der Waals surface area (Å²) in [4.78, 5) is 27.3. The van der Waals surface area contributed by atoms with Crippen LogP contribution in [0.3, 0.4) is 0 Å². The van der Waals surface area contributed by atoms with Crippen molar-refractivity contribution in [1.29, 1.82) is 0 Å². The topological polar surface area (TPSA) is 99.8 Å². The molecule has 1 saturated heterocycles. The Kier molecular flexibility index (Phi) is 2.76. The first-order valence-corrected chi connectivity index (χ1v) is 6.07. The van der Waals surface area contributed by atoms with Gasteiger partial charge in [-0.25, -0.2) is 4.98 Å². The first kappa shape index (κ1) is 12.4. The Morgan fingerprint density at radius 3 is 2.55 bits per heavy atom. The molecule has 1 aromatic carbocycles. The lowest BCUT2D eigenvalue weighted by atomic mass is 10.2. The standard InChI is InChI=1S/C13H12N4O3/c14-9-2-3-10-8(7-9)1-4-11(15-10)17(20)16-12(18)5-6-13(16)19/h1-4,7,20H,5-6,14H2. The number of hydrazine groups is 1. The predicted molar refractivity (Wildman–Crippen MR) is 71.5 cm³/mol. The number of hydrogen-bond acceptors (Lipinski definition) is 6. The van der Waals surface area contributed by atoms with Gasteiger partial charge in [0.1, 0.15) is 0 Å². The fraction of sp³-hybridized carbons (Fsp3) is 0.154. The van der Waals surface area contributed by atoms with Crippen LogP contribution in [0, 0.1) is 0 Å². The number of rotatable bonds is 2. The summed E-state index contributed by atoms with van der Waals surface area (Å²) in [6.45, 7) is 0. The summed E-state index contributed by atoms with van der Waals surface area (Å²) in [7, 11) is 0. The van der Waals surface area contributed by atoms with Gasteiger partial charge in [-0.05, 0) is 30.3 Å². The highest BCUT2D eigenvalue weighted by atomic mass is 16.6. The number of aromatic nitrogens is 1. The van der Waals surface area contributed by atoms with Crippen molar-refractivity contribution in [3.05, 3.63) is 30.3 Å². The quantitative estimate of drug-likeness (QED) is 0.482. The number of hydrogen-bond donors (Lipinski definition) is 2. The van der Waals surface area contributed by atoms with E-state index in [1.54, 1.807) is 24.3 Å². The van der Waals surface area contributed by atoms with Gasteiger partial charge < -0.3 is 5.73 Å². The van der Waals surface area contributed by atoms with Gasteiger partial charge in [-0.1, -0.05) is 0 Å². The molecule has 0 saturated carbocycles. The monoisotopic (exact) mass is 272 g/mol. The van der Waals surface area contributed by atoms with Crippen LogP contribution in [0.25, 0.3) is 10.9 Å². The molecule has 0 aliphatic carbocycles. The second kappa shape index (κ2) is 4.46. The molecule has 20 heavy (non-hydrogen) atoms. The number of amides is 2. The Morgan fingerprint density at radius 1 is 1.15 bits per heavy atom. The van der Waals surface area contributed by atoms with E-state index in [0.29, 0.717) is 21.4 Å². The van der Waals surface area contributed by atoms with E-state index in [1.807, 2.05) is 0 Å². The normalized spacial score (nSPS) is 15.2. The Labute approximate surface area is 114 Å². The Balaban J connectivity index is 1.99. The molecular formula is C13H12N4O3. The molecular weight excluding hydrogens is 260 g/mol. The third kappa shape index (κ3) is 1.94. The van der Waals surface area contributed by atoms with Gasteiger partial charge in [0.2, 0.25) is 0 Å². The fourth-order valence-corrected chi connectivity index (χ4v) is 2.12. The molecule has 1 aromatic heterocycles. The fourth-order valence-electron chi connectivity index (χ4n) is 2.12. The van der Waals surface area contributed by atoms with Crippen LogP contribution >= 0.6 is 0 Å². The number of benzene rings is 1. The minimum atomic E-state index is -0.447. The smallest absolute Gasteiger partial charge is 0.250 e. The summed E-state index contributed by atoms with van der Waals surface area (Å²) >= 11 is 0. The van der Waals surface area contributed by atoms with Gasteiger partial charge in [-0.2, -0.15) is 5.01 Å². The second-order valence-electron chi connectivity index (χ2n) is 4.51. The number of carbonyl (C=O) groups is 2. The van der Waals surface area contributed by atoms with Crippen LogP contribution in [-0.4, -0.2) is 27.0 Å². The molecule has 1 aliphatic rings. The van der Waals surface area contributed by atoms with Crippen molar-refractivity contribution in [2.24, 2.45) is 0 Å². The summed E-state index contributed by atoms with van der Waals surface area (Å²) in [5, 5.41) is 12.0. The molecule has 7 heteroatoms. The molecule has 0 unspecified atom stereocenters. The van der Waals surface area contributed by atoms with Crippen molar-refractivity contribution in [2.45, 2.75) is 12.8 Å². The average molecular weight is 272 g/mol. The highest BCUT2D eigenvalue weighted by Gasteiger charge is 2.34. The highest BCUT2D eigenvalue weighted by molar-refractivity contribution is 6.03. The maximum absolute atomic E-state index is 11.6. The van der Waals surface area contributed by atoms with Crippen molar-refractivity contribution in [2.75, 3.05) is 10.9 Å². The Bertz CT molecular complexity index is 700. The minimum Gasteiger partial charge on any atom is -0.399 e.